The van der Waals surface area contributed by atoms with Crippen LogP contribution < -0.4 is 5.32 Å². The number of halogens is 2. The molecule has 0 unspecified atom stereocenters. The average Bonchev–Trinajstić information content (AvgIpc) is 3.03. The molecule has 27 heavy (non-hydrogen) atoms. The van der Waals surface area contributed by atoms with Gasteiger partial charge in [-0.1, -0.05) is 34.5 Å². The molecular formula is C19H17Cl2N3O2S. The Morgan fingerprint density at radius 3 is 2.52 bits per heavy atom. The van der Waals surface area contributed by atoms with Crippen LogP contribution in [0.1, 0.15) is 34.6 Å². The van der Waals surface area contributed by atoms with Gasteiger partial charge in [-0.2, -0.15) is 0 Å². The summed E-state index contributed by atoms with van der Waals surface area (Å²) in [6.07, 6.45) is 0. The number of nitrogens with zero attached hydrogens (tertiary/aromatic N) is 2. The molecule has 3 rings (SSSR count). The summed E-state index contributed by atoms with van der Waals surface area (Å²) in [6, 6.07) is 10.0. The number of carbonyl (C=O) groups excluding carboxylic acids is 2. The van der Waals surface area contributed by atoms with Crippen molar-refractivity contribution in [2.75, 3.05) is 18.4 Å². The van der Waals surface area contributed by atoms with E-state index in [1.807, 2.05) is 13.8 Å². The van der Waals surface area contributed by atoms with Gasteiger partial charge in [-0.25, -0.2) is 4.98 Å². The van der Waals surface area contributed by atoms with Crippen molar-refractivity contribution in [1.29, 1.82) is 0 Å². The maximum Gasteiger partial charge on any atom is 0.258 e. The predicted octanol–water partition coefficient (Wildman–Crippen LogP) is 5.34. The van der Waals surface area contributed by atoms with Crippen LogP contribution in [0.4, 0.5) is 5.13 Å². The van der Waals surface area contributed by atoms with E-state index in [1.165, 1.54) is 17.4 Å². The third-order valence-corrected chi connectivity index (χ3v) is 5.56. The Labute approximate surface area is 170 Å². The SMILES string of the molecule is CCN(CC)C(=O)c1ccc2nc(NC(=O)c3ccc(Cl)cc3Cl)sc2c1. The molecule has 0 saturated heterocycles. The van der Waals surface area contributed by atoms with Gasteiger partial charge in [-0.15, -0.1) is 0 Å². The van der Waals surface area contributed by atoms with E-state index in [-0.39, 0.29) is 16.8 Å². The number of amides is 2. The summed E-state index contributed by atoms with van der Waals surface area (Å²) in [5.41, 5.74) is 1.64. The summed E-state index contributed by atoms with van der Waals surface area (Å²) in [5.74, 6) is -0.385. The van der Waals surface area contributed by atoms with Crippen molar-refractivity contribution < 1.29 is 9.59 Å². The number of thiazole rings is 1. The Balaban J connectivity index is 1.84. The molecule has 0 atom stereocenters. The lowest BCUT2D eigenvalue weighted by Crippen LogP contribution is -2.30. The van der Waals surface area contributed by atoms with Gasteiger partial charge in [-0.3, -0.25) is 14.9 Å². The monoisotopic (exact) mass is 421 g/mol. The summed E-state index contributed by atoms with van der Waals surface area (Å²) in [6.45, 7) is 5.20. The van der Waals surface area contributed by atoms with E-state index >= 15 is 0 Å². The van der Waals surface area contributed by atoms with Crippen molar-refractivity contribution in [3.63, 3.8) is 0 Å². The van der Waals surface area contributed by atoms with E-state index in [2.05, 4.69) is 10.3 Å². The summed E-state index contributed by atoms with van der Waals surface area (Å²) in [7, 11) is 0. The van der Waals surface area contributed by atoms with Gasteiger partial charge in [0.1, 0.15) is 0 Å². The molecule has 0 fully saturated rings. The fourth-order valence-corrected chi connectivity index (χ4v) is 4.04. The normalized spacial score (nSPS) is 10.8. The first-order valence-electron chi connectivity index (χ1n) is 8.39. The highest BCUT2D eigenvalue weighted by Crippen LogP contribution is 2.28. The molecule has 2 amide bonds. The predicted molar refractivity (Wildman–Crippen MR) is 111 cm³/mol. The number of benzene rings is 2. The molecule has 0 aliphatic heterocycles. The molecule has 140 valence electrons. The number of hydrogen-bond acceptors (Lipinski definition) is 4. The van der Waals surface area contributed by atoms with Crippen LogP contribution in [0.2, 0.25) is 10.0 Å². The topological polar surface area (TPSA) is 62.3 Å². The van der Waals surface area contributed by atoms with Crippen LogP contribution in [-0.4, -0.2) is 34.8 Å². The molecule has 1 aromatic heterocycles. The van der Waals surface area contributed by atoms with E-state index in [0.717, 1.165) is 4.70 Å². The largest absolute Gasteiger partial charge is 0.339 e. The van der Waals surface area contributed by atoms with Gasteiger partial charge in [0, 0.05) is 23.7 Å². The third kappa shape index (κ3) is 4.24. The van der Waals surface area contributed by atoms with E-state index in [0.29, 0.717) is 39.9 Å². The summed E-state index contributed by atoms with van der Waals surface area (Å²) in [4.78, 5) is 31.1. The van der Waals surface area contributed by atoms with Crippen molar-refractivity contribution in [2.24, 2.45) is 0 Å². The Morgan fingerprint density at radius 1 is 1.11 bits per heavy atom. The van der Waals surface area contributed by atoms with E-state index in [9.17, 15) is 9.59 Å². The summed E-state index contributed by atoms with van der Waals surface area (Å²) >= 11 is 13.2. The van der Waals surface area contributed by atoms with Crippen LogP contribution in [-0.2, 0) is 0 Å². The van der Waals surface area contributed by atoms with Crippen LogP contribution in [0, 0.1) is 0 Å². The van der Waals surface area contributed by atoms with Crippen LogP contribution in [0.3, 0.4) is 0 Å². The highest BCUT2D eigenvalue weighted by Gasteiger charge is 2.16. The lowest BCUT2D eigenvalue weighted by molar-refractivity contribution is 0.0773. The van der Waals surface area contributed by atoms with Gasteiger partial charge in [-0.05, 0) is 50.2 Å². The minimum absolute atomic E-state index is 0.0196. The Hall–Kier alpha value is -2.15. The van der Waals surface area contributed by atoms with Gasteiger partial charge in [0.2, 0.25) is 0 Å². The number of fused-ring (bicyclic) bond motifs is 1. The second kappa shape index (κ2) is 8.25. The van der Waals surface area contributed by atoms with Crippen molar-refractivity contribution in [1.82, 2.24) is 9.88 Å². The second-order valence-electron chi connectivity index (χ2n) is 5.76. The number of rotatable bonds is 5. The van der Waals surface area contributed by atoms with Crippen molar-refractivity contribution >= 4 is 61.7 Å². The van der Waals surface area contributed by atoms with Crippen molar-refractivity contribution in [3.8, 4) is 0 Å². The summed E-state index contributed by atoms with van der Waals surface area (Å²) in [5, 5.41) is 3.92. The zero-order valence-corrected chi connectivity index (χ0v) is 17.1. The standard InChI is InChI=1S/C19H17Cl2N3O2S/c1-3-24(4-2)18(26)11-5-8-15-16(9-11)27-19(22-15)23-17(25)13-7-6-12(20)10-14(13)21/h5-10H,3-4H2,1-2H3,(H,22,23,25). The Bertz CT molecular complexity index is 1020. The fraction of sp³-hybridized carbons (Fsp3) is 0.211. The van der Waals surface area contributed by atoms with Gasteiger partial charge in [0.05, 0.1) is 20.8 Å². The first-order chi connectivity index (χ1) is 12.9. The maximum absolute atomic E-state index is 12.5. The molecule has 0 aliphatic carbocycles. The quantitative estimate of drug-likeness (QED) is 0.604. The average molecular weight is 422 g/mol. The van der Waals surface area contributed by atoms with E-state index in [4.69, 9.17) is 23.2 Å². The van der Waals surface area contributed by atoms with Gasteiger partial charge >= 0.3 is 0 Å². The first-order valence-corrected chi connectivity index (χ1v) is 9.96. The lowest BCUT2D eigenvalue weighted by Gasteiger charge is -2.18. The highest BCUT2D eigenvalue weighted by atomic mass is 35.5. The molecule has 0 spiro atoms. The fourth-order valence-electron chi connectivity index (χ4n) is 2.64. The van der Waals surface area contributed by atoms with Crippen LogP contribution in [0.5, 0.6) is 0 Å². The third-order valence-electron chi connectivity index (χ3n) is 4.08. The smallest absolute Gasteiger partial charge is 0.258 e. The minimum atomic E-state index is -0.366. The number of nitrogens with one attached hydrogen (secondary N) is 1. The molecule has 0 bridgehead atoms. The number of hydrogen-bond donors (Lipinski definition) is 1. The zero-order valence-electron chi connectivity index (χ0n) is 14.8. The van der Waals surface area contributed by atoms with Gasteiger partial charge < -0.3 is 4.90 Å². The number of aromatic nitrogens is 1. The number of anilines is 1. The van der Waals surface area contributed by atoms with Crippen LogP contribution in [0.15, 0.2) is 36.4 Å². The molecule has 0 aliphatic rings. The van der Waals surface area contributed by atoms with E-state index < -0.39 is 0 Å². The molecule has 1 heterocycles. The first kappa shape index (κ1) is 19.6. The lowest BCUT2D eigenvalue weighted by atomic mass is 10.2. The van der Waals surface area contributed by atoms with Crippen LogP contribution >= 0.6 is 34.5 Å². The van der Waals surface area contributed by atoms with Gasteiger partial charge in [0.25, 0.3) is 11.8 Å². The Morgan fingerprint density at radius 2 is 1.85 bits per heavy atom. The highest BCUT2D eigenvalue weighted by molar-refractivity contribution is 7.22. The minimum Gasteiger partial charge on any atom is -0.339 e. The molecule has 8 heteroatoms. The molecule has 2 aromatic carbocycles. The van der Waals surface area contributed by atoms with Crippen molar-refractivity contribution in [3.05, 3.63) is 57.6 Å². The molecule has 0 saturated carbocycles. The number of carbonyl (C=O) groups is 2. The van der Waals surface area contributed by atoms with E-state index in [1.54, 1.807) is 35.2 Å². The van der Waals surface area contributed by atoms with Gasteiger partial charge in [0.15, 0.2) is 5.13 Å². The molecule has 3 aromatic rings. The second-order valence-corrected chi connectivity index (χ2v) is 7.63. The maximum atomic E-state index is 12.5. The Kier molecular flexibility index (Phi) is 5.99. The molecular weight excluding hydrogens is 405 g/mol. The zero-order chi connectivity index (χ0) is 19.6. The molecule has 0 radical (unpaired) electrons. The van der Waals surface area contributed by atoms with Crippen LogP contribution in [0.25, 0.3) is 10.2 Å². The molecule has 1 N–H and O–H groups in total. The molecule has 5 nitrogen and oxygen atoms in total. The van der Waals surface area contributed by atoms with Crippen molar-refractivity contribution in [2.45, 2.75) is 13.8 Å². The summed E-state index contributed by atoms with van der Waals surface area (Å²) < 4.78 is 0.825.